The van der Waals surface area contributed by atoms with Gasteiger partial charge in [0.25, 0.3) is 0 Å². The number of fused-ring (bicyclic) bond motifs is 1. The van der Waals surface area contributed by atoms with E-state index in [9.17, 15) is 4.79 Å². The molecule has 1 amide bonds. The average Bonchev–Trinajstić information content (AvgIpc) is 3.24. The summed E-state index contributed by atoms with van der Waals surface area (Å²) >= 11 is 0. The lowest BCUT2D eigenvalue weighted by Crippen LogP contribution is -2.15. The zero-order valence-electron chi connectivity index (χ0n) is 13.2. The van der Waals surface area contributed by atoms with Crippen molar-refractivity contribution in [3.63, 3.8) is 0 Å². The van der Waals surface area contributed by atoms with Crippen LogP contribution in [0.3, 0.4) is 0 Å². The van der Waals surface area contributed by atoms with Crippen molar-refractivity contribution in [3.8, 4) is 0 Å². The van der Waals surface area contributed by atoms with E-state index in [1.165, 1.54) is 0 Å². The molecule has 7 nitrogen and oxygen atoms in total. The molecule has 2 aromatic heterocycles. The number of rotatable bonds is 4. The highest BCUT2D eigenvalue weighted by atomic mass is 16.5. The number of anilines is 1. The second kappa shape index (κ2) is 6.45. The van der Waals surface area contributed by atoms with E-state index in [0.29, 0.717) is 18.2 Å². The molecule has 0 unspecified atom stereocenters. The third-order valence-corrected chi connectivity index (χ3v) is 4.40. The number of benzene rings is 1. The van der Waals surface area contributed by atoms with Crippen LogP contribution in [0, 0.1) is 0 Å². The monoisotopic (exact) mass is 325 g/mol. The van der Waals surface area contributed by atoms with Crippen LogP contribution in [0.25, 0.3) is 10.9 Å². The molecule has 0 spiro atoms. The van der Waals surface area contributed by atoms with Gasteiger partial charge in [0.05, 0.1) is 18.1 Å². The Morgan fingerprint density at radius 1 is 1.25 bits per heavy atom. The predicted octanol–water partition coefficient (Wildman–Crippen LogP) is 2.36. The van der Waals surface area contributed by atoms with Crippen LogP contribution in [0.5, 0.6) is 0 Å². The average molecular weight is 325 g/mol. The summed E-state index contributed by atoms with van der Waals surface area (Å²) in [6.07, 6.45) is 4.04. The Kier molecular flexibility index (Phi) is 4.00. The summed E-state index contributed by atoms with van der Waals surface area (Å²) in [5.74, 6) is 0.919. The molecule has 3 N–H and O–H groups in total. The Balaban J connectivity index is 1.39. The van der Waals surface area contributed by atoms with Gasteiger partial charge in [-0.25, -0.2) is 0 Å². The second-order valence-electron chi connectivity index (χ2n) is 6.11. The van der Waals surface area contributed by atoms with Gasteiger partial charge in [-0.3, -0.25) is 15.0 Å². The van der Waals surface area contributed by atoms with Crippen LogP contribution in [0.4, 0.5) is 5.82 Å². The molecule has 0 saturated carbocycles. The van der Waals surface area contributed by atoms with E-state index in [0.717, 1.165) is 48.2 Å². The van der Waals surface area contributed by atoms with Gasteiger partial charge in [-0.15, -0.1) is 0 Å². The number of hydrogen-bond donors (Lipinski definition) is 3. The van der Waals surface area contributed by atoms with Crippen molar-refractivity contribution < 1.29 is 9.53 Å². The molecule has 0 radical (unpaired) electrons. The molecule has 0 atom stereocenters. The molecule has 1 saturated heterocycles. The summed E-state index contributed by atoms with van der Waals surface area (Å²) in [4.78, 5) is 12.2. The maximum absolute atomic E-state index is 12.2. The van der Waals surface area contributed by atoms with E-state index < -0.39 is 0 Å². The first-order valence-electron chi connectivity index (χ1n) is 8.13. The minimum absolute atomic E-state index is 0.0844. The third kappa shape index (κ3) is 3.16. The SMILES string of the molecule is O=C(Cc1ccc2cn[nH]c2c1)Nc1cc(C2CCOCC2)[nH]n1. The molecule has 124 valence electrons. The van der Waals surface area contributed by atoms with Crippen LogP contribution in [0.2, 0.25) is 0 Å². The van der Waals surface area contributed by atoms with Gasteiger partial charge < -0.3 is 10.1 Å². The number of nitrogens with one attached hydrogen (secondary N) is 3. The number of aromatic nitrogens is 4. The Morgan fingerprint density at radius 3 is 3.00 bits per heavy atom. The quantitative estimate of drug-likeness (QED) is 0.686. The van der Waals surface area contributed by atoms with E-state index in [2.05, 4.69) is 25.7 Å². The van der Waals surface area contributed by atoms with Gasteiger partial charge in [0.2, 0.25) is 5.91 Å². The Labute approximate surface area is 138 Å². The van der Waals surface area contributed by atoms with Crippen molar-refractivity contribution >= 4 is 22.6 Å². The number of amides is 1. The van der Waals surface area contributed by atoms with Crippen LogP contribution >= 0.6 is 0 Å². The highest BCUT2D eigenvalue weighted by molar-refractivity contribution is 5.92. The van der Waals surface area contributed by atoms with Crippen LogP contribution in [0.15, 0.2) is 30.5 Å². The number of carbonyl (C=O) groups is 1. The maximum atomic E-state index is 12.2. The summed E-state index contributed by atoms with van der Waals surface area (Å²) in [5, 5.41) is 18.0. The normalized spacial score (nSPS) is 15.7. The zero-order valence-corrected chi connectivity index (χ0v) is 13.2. The van der Waals surface area contributed by atoms with Crippen LogP contribution in [-0.2, 0) is 16.0 Å². The molecule has 0 bridgehead atoms. The van der Waals surface area contributed by atoms with Gasteiger partial charge in [-0.05, 0) is 24.5 Å². The fourth-order valence-electron chi connectivity index (χ4n) is 3.08. The number of hydrogen-bond acceptors (Lipinski definition) is 4. The van der Waals surface area contributed by atoms with Crippen LogP contribution in [0.1, 0.15) is 30.0 Å². The Bertz CT molecular complexity index is 847. The molecule has 4 rings (SSSR count). The fraction of sp³-hybridized carbons (Fsp3) is 0.353. The molecule has 1 fully saturated rings. The van der Waals surface area contributed by atoms with E-state index in [1.807, 2.05) is 24.3 Å². The molecule has 3 heterocycles. The van der Waals surface area contributed by atoms with Gasteiger partial charge >= 0.3 is 0 Å². The summed E-state index contributed by atoms with van der Waals surface area (Å²) in [7, 11) is 0. The predicted molar refractivity (Wildman–Crippen MR) is 89.8 cm³/mol. The smallest absolute Gasteiger partial charge is 0.229 e. The van der Waals surface area contributed by atoms with Crippen LogP contribution < -0.4 is 5.32 Å². The zero-order chi connectivity index (χ0) is 16.4. The molecule has 24 heavy (non-hydrogen) atoms. The minimum Gasteiger partial charge on any atom is -0.381 e. The Hall–Kier alpha value is -2.67. The molecule has 3 aromatic rings. The van der Waals surface area contributed by atoms with Gasteiger partial charge in [-0.1, -0.05) is 12.1 Å². The Morgan fingerprint density at radius 2 is 2.12 bits per heavy atom. The summed E-state index contributed by atoms with van der Waals surface area (Å²) in [6.45, 7) is 1.56. The van der Waals surface area contributed by atoms with Crippen molar-refractivity contribution in [2.45, 2.75) is 25.2 Å². The standard InChI is InChI=1S/C17H19N5O2/c23-17(8-11-1-2-13-10-18-20-14(13)7-11)19-16-9-15(21-22-16)12-3-5-24-6-4-12/h1-2,7,9-10,12H,3-6,8H2,(H,18,20)(H2,19,21,22,23). The summed E-state index contributed by atoms with van der Waals surface area (Å²) in [6, 6.07) is 7.76. The lowest BCUT2D eigenvalue weighted by atomic mass is 9.97. The molecular formula is C17H19N5O2. The first kappa shape index (κ1) is 14.9. The van der Waals surface area contributed by atoms with Gasteiger partial charge in [0, 0.05) is 36.3 Å². The van der Waals surface area contributed by atoms with Gasteiger partial charge in [-0.2, -0.15) is 10.2 Å². The summed E-state index contributed by atoms with van der Waals surface area (Å²) in [5.41, 5.74) is 2.93. The molecule has 7 heteroatoms. The molecule has 1 aromatic carbocycles. The van der Waals surface area contributed by atoms with Gasteiger partial charge in [0.1, 0.15) is 0 Å². The largest absolute Gasteiger partial charge is 0.381 e. The molecule has 0 aliphatic carbocycles. The van der Waals surface area contributed by atoms with E-state index >= 15 is 0 Å². The van der Waals surface area contributed by atoms with Crippen molar-refractivity contribution in [2.24, 2.45) is 0 Å². The van der Waals surface area contributed by atoms with E-state index in [-0.39, 0.29) is 5.91 Å². The molecule has 1 aliphatic rings. The number of nitrogens with zero attached hydrogens (tertiary/aromatic N) is 2. The van der Waals surface area contributed by atoms with Crippen molar-refractivity contribution in [2.75, 3.05) is 18.5 Å². The fourth-order valence-corrected chi connectivity index (χ4v) is 3.08. The summed E-state index contributed by atoms with van der Waals surface area (Å²) < 4.78 is 5.37. The van der Waals surface area contributed by atoms with Crippen molar-refractivity contribution in [3.05, 3.63) is 41.7 Å². The maximum Gasteiger partial charge on any atom is 0.229 e. The lowest BCUT2D eigenvalue weighted by Gasteiger charge is -2.20. The second-order valence-corrected chi connectivity index (χ2v) is 6.11. The van der Waals surface area contributed by atoms with Crippen molar-refractivity contribution in [1.82, 2.24) is 20.4 Å². The highest BCUT2D eigenvalue weighted by Gasteiger charge is 2.18. The van der Waals surface area contributed by atoms with Crippen LogP contribution in [-0.4, -0.2) is 39.5 Å². The number of ether oxygens (including phenoxy) is 1. The van der Waals surface area contributed by atoms with E-state index in [4.69, 9.17) is 4.74 Å². The highest BCUT2D eigenvalue weighted by Crippen LogP contribution is 2.26. The lowest BCUT2D eigenvalue weighted by molar-refractivity contribution is -0.115. The third-order valence-electron chi connectivity index (χ3n) is 4.40. The minimum atomic E-state index is -0.0844. The number of H-pyrrole nitrogens is 2. The first-order chi connectivity index (χ1) is 11.8. The first-order valence-corrected chi connectivity index (χ1v) is 8.13. The van der Waals surface area contributed by atoms with E-state index in [1.54, 1.807) is 6.20 Å². The van der Waals surface area contributed by atoms with Gasteiger partial charge in [0.15, 0.2) is 5.82 Å². The number of aromatic amines is 2. The molecule has 1 aliphatic heterocycles. The van der Waals surface area contributed by atoms with Crippen molar-refractivity contribution in [1.29, 1.82) is 0 Å². The number of carbonyl (C=O) groups excluding carboxylic acids is 1. The topological polar surface area (TPSA) is 95.7 Å². The molecular weight excluding hydrogens is 306 g/mol.